The van der Waals surface area contributed by atoms with Crippen LogP contribution in [0, 0.1) is 12.3 Å². The van der Waals surface area contributed by atoms with Crippen LogP contribution >= 0.6 is 0 Å². The molecule has 1 radical (unpaired) electrons. The summed E-state index contributed by atoms with van der Waals surface area (Å²) < 4.78 is 0. The molecule has 0 aromatic rings. The highest BCUT2D eigenvalue weighted by molar-refractivity contribution is 4.93. The highest BCUT2D eigenvalue weighted by atomic mass is 14.5. The third kappa shape index (κ3) is 2.31. The first-order valence-electron chi connectivity index (χ1n) is 3.47. The fraction of sp³-hybridized carbons (Fsp3) is 0.857. The topological polar surface area (TPSA) is 26.0 Å². The SMILES string of the molecule is NCCCCC1[CH]C1. The lowest BCUT2D eigenvalue weighted by Crippen LogP contribution is -1.97. The van der Waals surface area contributed by atoms with Crippen molar-refractivity contribution in [3.63, 3.8) is 0 Å². The molecule has 0 heterocycles. The molecule has 0 bridgehead atoms. The summed E-state index contributed by atoms with van der Waals surface area (Å²) in [4.78, 5) is 0. The second-order valence-electron chi connectivity index (χ2n) is 2.52. The van der Waals surface area contributed by atoms with Crippen molar-refractivity contribution < 1.29 is 0 Å². The summed E-state index contributed by atoms with van der Waals surface area (Å²) in [6.45, 7) is 0.868. The summed E-state index contributed by atoms with van der Waals surface area (Å²) in [7, 11) is 0. The van der Waals surface area contributed by atoms with Crippen LogP contribution in [0.1, 0.15) is 25.7 Å². The molecule has 1 aliphatic carbocycles. The van der Waals surface area contributed by atoms with Crippen molar-refractivity contribution in [3.05, 3.63) is 6.42 Å². The Hall–Kier alpha value is -0.0400. The van der Waals surface area contributed by atoms with E-state index in [1.54, 1.807) is 0 Å². The summed E-state index contributed by atoms with van der Waals surface area (Å²) in [5.74, 6) is 0.974. The average Bonchev–Trinajstić information content (AvgIpc) is 2.51. The molecule has 8 heavy (non-hydrogen) atoms. The van der Waals surface area contributed by atoms with Gasteiger partial charge in [-0.2, -0.15) is 0 Å². The molecule has 1 atom stereocenters. The molecule has 1 nitrogen and oxygen atoms in total. The van der Waals surface area contributed by atoms with Crippen LogP contribution in [-0.4, -0.2) is 6.54 Å². The number of hydrogen-bond donors (Lipinski definition) is 1. The van der Waals surface area contributed by atoms with Gasteiger partial charge >= 0.3 is 0 Å². The van der Waals surface area contributed by atoms with Crippen LogP contribution in [-0.2, 0) is 0 Å². The third-order valence-electron chi connectivity index (χ3n) is 1.60. The molecule has 1 fully saturated rings. The Morgan fingerprint density at radius 2 is 2.25 bits per heavy atom. The third-order valence-corrected chi connectivity index (χ3v) is 1.60. The van der Waals surface area contributed by atoms with Gasteiger partial charge in [0.15, 0.2) is 0 Å². The van der Waals surface area contributed by atoms with E-state index >= 15 is 0 Å². The van der Waals surface area contributed by atoms with Gasteiger partial charge in [0.05, 0.1) is 0 Å². The van der Waals surface area contributed by atoms with Crippen LogP contribution < -0.4 is 5.73 Å². The monoisotopic (exact) mass is 112 g/mol. The van der Waals surface area contributed by atoms with Crippen LogP contribution in [0.4, 0.5) is 0 Å². The van der Waals surface area contributed by atoms with Crippen LogP contribution in [0.15, 0.2) is 0 Å². The Bertz CT molecular complexity index is 57.4. The lowest BCUT2D eigenvalue weighted by molar-refractivity contribution is 0.646. The van der Waals surface area contributed by atoms with E-state index in [0.29, 0.717) is 0 Å². The van der Waals surface area contributed by atoms with E-state index in [9.17, 15) is 0 Å². The highest BCUT2D eigenvalue weighted by Crippen LogP contribution is 2.32. The molecule has 1 saturated carbocycles. The Balaban J connectivity index is 1.74. The van der Waals surface area contributed by atoms with Crippen molar-refractivity contribution in [2.24, 2.45) is 11.7 Å². The Kier molecular flexibility index (Phi) is 2.34. The molecular formula is C7H14N. The standard InChI is InChI=1S/C7H14N/c8-6-2-1-3-7-4-5-7/h4,7H,1-3,5-6,8H2. The fourth-order valence-corrected chi connectivity index (χ4v) is 0.883. The van der Waals surface area contributed by atoms with E-state index in [0.717, 1.165) is 12.5 Å². The largest absolute Gasteiger partial charge is 0.330 e. The Morgan fingerprint density at radius 3 is 2.75 bits per heavy atom. The van der Waals surface area contributed by atoms with Crippen LogP contribution in [0.2, 0.25) is 0 Å². The predicted octanol–water partition coefficient (Wildman–Crippen LogP) is 1.34. The van der Waals surface area contributed by atoms with E-state index < -0.39 is 0 Å². The Morgan fingerprint density at radius 1 is 1.50 bits per heavy atom. The minimum Gasteiger partial charge on any atom is -0.330 e. The molecule has 0 saturated heterocycles. The van der Waals surface area contributed by atoms with Crippen molar-refractivity contribution in [1.29, 1.82) is 0 Å². The summed E-state index contributed by atoms with van der Waals surface area (Å²) in [5.41, 5.74) is 5.32. The van der Waals surface area contributed by atoms with Gasteiger partial charge in [-0.1, -0.05) is 12.8 Å². The maximum absolute atomic E-state index is 5.32. The number of hydrogen-bond acceptors (Lipinski definition) is 1. The highest BCUT2D eigenvalue weighted by Gasteiger charge is 2.20. The van der Waals surface area contributed by atoms with E-state index in [-0.39, 0.29) is 0 Å². The van der Waals surface area contributed by atoms with Gasteiger partial charge in [0, 0.05) is 0 Å². The molecule has 47 valence electrons. The van der Waals surface area contributed by atoms with Gasteiger partial charge in [-0.25, -0.2) is 0 Å². The predicted molar refractivity (Wildman–Crippen MR) is 35.3 cm³/mol. The molecule has 2 N–H and O–H groups in total. The summed E-state index contributed by atoms with van der Waals surface area (Å²) in [6, 6.07) is 0. The fourth-order valence-electron chi connectivity index (χ4n) is 0.883. The summed E-state index contributed by atoms with van der Waals surface area (Å²) in [5, 5.41) is 0. The molecule has 1 aliphatic rings. The lowest BCUT2D eigenvalue weighted by Gasteiger charge is -1.92. The maximum Gasteiger partial charge on any atom is -0.00773 e. The smallest absolute Gasteiger partial charge is 0.00773 e. The zero-order chi connectivity index (χ0) is 5.82. The first-order valence-corrected chi connectivity index (χ1v) is 3.47. The van der Waals surface area contributed by atoms with Crippen molar-refractivity contribution in [2.75, 3.05) is 6.54 Å². The molecular weight excluding hydrogens is 98.1 g/mol. The zero-order valence-electron chi connectivity index (χ0n) is 5.27. The van der Waals surface area contributed by atoms with Gasteiger partial charge in [0.2, 0.25) is 0 Å². The number of nitrogens with two attached hydrogens (primary N) is 1. The van der Waals surface area contributed by atoms with Gasteiger partial charge in [-0.3, -0.25) is 0 Å². The van der Waals surface area contributed by atoms with E-state index in [1.807, 2.05) is 0 Å². The first-order chi connectivity index (χ1) is 3.93. The zero-order valence-corrected chi connectivity index (χ0v) is 5.27. The molecule has 0 aliphatic heterocycles. The van der Waals surface area contributed by atoms with E-state index in [1.165, 1.54) is 25.7 Å². The molecule has 1 heteroatoms. The quantitative estimate of drug-likeness (QED) is 0.546. The molecule has 0 spiro atoms. The van der Waals surface area contributed by atoms with Gasteiger partial charge in [0.25, 0.3) is 0 Å². The van der Waals surface area contributed by atoms with Crippen LogP contribution in [0.3, 0.4) is 0 Å². The van der Waals surface area contributed by atoms with Crippen molar-refractivity contribution >= 4 is 0 Å². The molecule has 1 rings (SSSR count). The lowest BCUT2D eigenvalue weighted by atomic mass is 10.2. The average molecular weight is 112 g/mol. The minimum atomic E-state index is 0.868. The van der Waals surface area contributed by atoms with Gasteiger partial charge < -0.3 is 5.73 Å². The maximum atomic E-state index is 5.32. The normalized spacial score (nSPS) is 19.1. The first kappa shape index (κ1) is 6.09. The molecule has 0 amide bonds. The van der Waals surface area contributed by atoms with Gasteiger partial charge in [0.1, 0.15) is 0 Å². The second-order valence-corrected chi connectivity index (χ2v) is 2.52. The number of rotatable bonds is 4. The van der Waals surface area contributed by atoms with Crippen molar-refractivity contribution in [2.45, 2.75) is 25.7 Å². The van der Waals surface area contributed by atoms with Crippen LogP contribution in [0.25, 0.3) is 0 Å². The van der Waals surface area contributed by atoms with Crippen LogP contribution in [0.5, 0.6) is 0 Å². The minimum absolute atomic E-state index is 0.868. The second kappa shape index (κ2) is 3.08. The summed E-state index contributed by atoms with van der Waals surface area (Å²) in [6.07, 6.45) is 7.67. The van der Waals surface area contributed by atoms with Gasteiger partial charge in [-0.15, -0.1) is 0 Å². The molecule has 1 unspecified atom stereocenters. The molecule has 0 aromatic carbocycles. The van der Waals surface area contributed by atoms with E-state index in [4.69, 9.17) is 5.73 Å². The van der Waals surface area contributed by atoms with Crippen molar-refractivity contribution in [3.8, 4) is 0 Å². The Labute approximate surface area is 51.3 Å². The van der Waals surface area contributed by atoms with E-state index in [2.05, 4.69) is 6.42 Å². The van der Waals surface area contributed by atoms with Gasteiger partial charge in [-0.05, 0) is 31.7 Å². The number of unbranched alkanes of at least 4 members (excludes halogenated alkanes) is 1. The van der Waals surface area contributed by atoms with Crippen molar-refractivity contribution in [1.82, 2.24) is 0 Å². The summed E-state index contributed by atoms with van der Waals surface area (Å²) >= 11 is 0. The molecule has 0 aromatic heterocycles.